The quantitative estimate of drug-likeness (QED) is 0.631. The highest BCUT2D eigenvalue weighted by Crippen LogP contribution is 2.26. The fourth-order valence-corrected chi connectivity index (χ4v) is 3.24. The number of ether oxygens (including phenoxy) is 1. The Kier molecular flexibility index (Phi) is 7.68. The highest BCUT2D eigenvalue weighted by molar-refractivity contribution is 5.82. The number of rotatable bonds is 9. The molecule has 0 saturated carbocycles. The summed E-state index contributed by atoms with van der Waals surface area (Å²) in [4.78, 5) is 15.3. The number of esters is 1. The molecule has 0 aliphatic carbocycles. The maximum Gasteiger partial charge on any atom is 0.317 e. The highest BCUT2D eigenvalue weighted by Gasteiger charge is 2.25. The summed E-state index contributed by atoms with van der Waals surface area (Å²) < 4.78 is 5.77. The molecule has 2 rings (SSSR count). The van der Waals surface area contributed by atoms with Gasteiger partial charge in [-0.25, -0.2) is 0 Å². The Morgan fingerprint density at radius 1 is 0.880 bits per heavy atom. The van der Waals surface area contributed by atoms with E-state index in [1.54, 1.807) is 0 Å². The molecular weight excluding hydrogens is 310 g/mol. The molecule has 2 aromatic carbocycles. The van der Waals surface area contributed by atoms with Crippen LogP contribution in [0.2, 0.25) is 0 Å². The summed E-state index contributed by atoms with van der Waals surface area (Å²) in [5.74, 6) is -0.556. The van der Waals surface area contributed by atoms with E-state index in [1.165, 1.54) is 0 Å². The Hall–Kier alpha value is -2.13. The highest BCUT2D eigenvalue weighted by atomic mass is 16.5. The predicted molar refractivity (Wildman–Crippen MR) is 103 cm³/mol. The van der Waals surface area contributed by atoms with Gasteiger partial charge >= 0.3 is 5.97 Å². The number of benzene rings is 2. The second-order valence-electron chi connectivity index (χ2n) is 6.17. The molecule has 3 heteroatoms. The smallest absolute Gasteiger partial charge is 0.317 e. The molecule has 3 nitrogen and oxygen atoms in total. The average Bonchev–Trinajstić information content (AvgIpc) is 2.67. The molecule has 0 aromatic heterocycles. The maximum atomic E-state index is 12.9. The topological polar surface area (TPSA) is 29.5 Å². The first-order valence-corrected chi connectivity index (χ1v) is 9.21. The van der Waals surface area contributed by atoms with Crippen LogP contribution in [0.4, 0.5) is 0 Å². The molecule has 0 fully saturated rings. The van der Waals surface area contributed by atoms with Gasteiger partial charge < -0.3 is 4.74 Å². The van der Waals surface area contributed by atoms with Crippen molar-refractivity contribution in [1.82, 2.24) is 4.90 Å². The van der Waals surface area contributed by atoms with Crippen LogP contribution in [-0.4, -0.2) is 36.6 Å². The van der Waals surface area contributed by atoms with Crippen LogP contribution in [0.1, 0.15) is 44.2 Å². The maximum absolute atomic E-state index is 12.9. The molecule has 0 amide bonds. The van der Waals surface area contributed by atoms with Crippen LogP contribution < -0.4 is 0 Å². The lowest BCUT2D eigenvalue weighted by molar-refractivity contribution is -0.146. The molecule has 0 aliphatic heterocycles. The van der Waals surface area contributed by atoms with E-state index in [1.807, 2.05) is 60.7 Å². The number of hydrogen-bond acceptors (Lipinski definition) is 3. The first kappa shape index (κ1) is 19.2. The van der Waals surface area contributed by atoms with Gasteiger partial charge in [-0.1, -0.05) is 81.4 Å². The van der Waals surface area contributed by atoms with Crippen molar-refractivity contribution < 1.29 is 9.53 Å². The van der Waals surface area contributed by atoms with Crippen LogP contribution in [0.5, 0.6) is 0 Å². The summed E-state index contributed by atoms with van der Waals surface area (Å²) in [5, 5.41) is 0. The molecule has 1 unspecified atom stereocenters. The van der Waals surface area contributed by atoms with Crippen molar-refractivity contribution in [3.8, 4) is 0 Å². The van der Waals surface area contributed by atoms with Crippen molar-refractivity contribution in [2.75, 3.05) is 19.7 Å². The van der Waals surface area contributed by atoms with Gasteiger partial charge in [0.05, 0.1) is 0 Å². The molecule has 134 valence electrons. The minimum Gasteiger partial charge on any atom is -0.463 e. The first-order valence-electron chi connectivity index (χ1n) is 9.21. The molecule has 0 spiro atoms. The lowest BCUT2D eigenvalue weighted by Crippen LogP contribution is -2.39. The summed E-state index contributed by atoms with van der Waals surface area (Å²) in [6.45, 7) is 8.80. The molecule has 2 aromatic rings. The predicted octanol–water partition coefficient (Wildman–Crippen LogP) is 4.48. The minimum absolute atomic E-state index is 0.178. The Balaban J connectivity index is 2.16. The Bertz CT molecular complexity index is 583. The van der Waals surface area contributed by atoms with Gasteiger partial charge in [-0.2, -0.15) is 0 Å². The lowest BCUT2D eigenvalue weighted by atomic mass is 9.91. The SMILES string of the molecule is CCC(COC(=O)C(c1ccccc1)c1ccccc1)N(CC)CC. The van der Waals surface area contributed by atoms with Crippen molar-refractivity contribution in [1.29, 1.82) is 0 Å². The van der Waals surface area contributed by atoms with Crippen molar-refractivity contribution in [3.05, 3.63) is 71.8 Å². The Morgan fingerprint density at radius 2 is 1.36 bits per heavy atom. The van der Waals surface area contributed by atoms with Crippen molar-refractivity contribution in [2.24, 2.45) is 0 Å². The standard InChI is InChI=1S/C22H29NO2/c1-4-20(23(5-2)6-3)17-25-22(24)21(18-13-9-7-10-14-18)19-15-11-8-12-16-19/h7-16,20-21H,4-6,17H2,1-3H3. The van der Waals surface area contributed by atoms with Gasteiger partial charge in [-0.15, -0.1) is 0 Å². The molecule has 0 heterocycles. The van der Waals surface area contributed by atoms with Crippen LogP contribution in [0, 0.1) is 0 Å². The van der Waals surface area contributed by atoms with Gasteiger partial charge in [-0.05, 0) is 30.6 Å². The van der Waals surface area contributed by atoms with E-state index in [0.29, 0.717) is 6.61 Å². The summed E-state index contributed by atoms with van der Waals surface area (Å²) in [7, 11) is 0. The third kappa shape index (κ3) is 5.17. The van der Waals surface area contributed by atoms with E-state index in [9.17, 15) is 4.79 Å². The van der Waals surface area contributed by atoms with Crippen molar-refractivity contribution >= 4 is 5.97 Å². The molecular formula is C22H29NO2. The van der Waals surface area contributed by atoms with E-state index in [2.05, 4.69) is 25.7 Å². The number of nitrogens with zero attached hydrogens (tertiary/aromatic N) is 1. The van der Waals surface area contributed by atoms with Crippen molar-refractivity contribution in [2.45, 2.75) is 39.2 Å². The fraction of sp³-hybridized carbons (Fsp3) is 0.409. The summed E-state index contributed by atoms with van der Waals surface area (Å²) in [6, 6.07) is 20.0. The van der Waals surface area contributed by atoms with E-state index in [4.69, 9.17) is 4.74 Å². The van der Waals surface area contributed by atoms with Crippen LogP contribution in [0.3, 0.4) is 0 Å². The Labute approximate surface area is 151 Å². The van der Waals surface area contributed by atoms with Gasteiger partial charge in [0.2, 0.25) is 0 Å². The van der Waals surface area contributed by atoms with Crippen LogP contribution in [0.15, 0.2) is 60.7 Å². The van der Waals surface area contributed by atoms with Gasteiger partial charge in [0.25, 0.3) is 0 Å². The molecule has 0 bridgehead atoms. The number of carbonyl (C=O) groups is 1. The van der Waals surface area contributed by atoms with E-state index < -0.39 is 0 Å². The van der Waals surface area contributed by atoms with Gasteiger partial charge in [0.15, 0.2) is 0 Å². The lowest BCUT2D eigenvalue weighted by Gasteiger charge is -2.29. The van der Waals surface area contributed by atoms with Gasteiger partial charge in [0, 0.05) is 6.04 Å². The number of carbonyl (C=O) groups excluding carboxylic acids is 1. The number of hydrogen-bond donors (Lipinski definition) is 0. The van der Waals surface area contributed by atoms with E-state index >= 15 is 0 Å². The summed E-state index contributed by atoms with van der Waals surface area (Å²) in [6.07, 6.45) is 0.969. The Morgan fingerprint density at radius 3 is 1.76 bits per heavy atom. The van der Waals surface area contributed by atoms with Crippen molar-refractivity contribution in [3.63, 3.8) is 0 Å². The molecule has 1 atom stereocenters. The third-order valence-electron chi connectivity index (χ3n) is 4.72. The zero-order valence-electron chi connectivity index (χ0n) is 15.5. The molecule has 0 aliphatic rings. The molecule has 0 N–H and O–H groups in total. The third-order valence-corrected chi connectivity index (χ3v) is 4.72. The largest absolute Gasteiger partial charge is 0.463 e. The van der Waals surface area contributed by atoms with E-state index in [-0.39, 0.29) is 17.9 Å². The first-order chi connectivity index (χ1) is 12.2. The molecule has 0 radical (unpaired) electrons. The second-order valence-corrected chi connectivity index (χ2v) is 6.17. The van der Waals surface area contributed by atoms with E-state index in [0.717, 1.165) is 30.6 Å². The second kappa shape index (κ2) is 10.00. The van der Waals surface area contributed by atoms with Crippen LogP contribution >= 0.6 is 0 Å². The van der Waals surface area contributed by atoms with Crippen LogP contribution in [-0.2, 0) is 9.53 Å². The molecule has 0 saturated heterocycles. The normalized spacial score (nSPS) is 12.4. The molecule has 25 heavy (non-hydrogen) atoms. The monoisotopic (exact) mass is 339 g/mol. The number of likely N-dealkylation sites (N-methyl/N-ethyl adjacent to an activating group) is 1. The van der Waals surface area contributed by atoms with Crippen LogP contribution in [0.25, 0.3) is 0 Å². The summed E-state index contributed by atoms with van der Waals surface area (Å²) >= 11 is 0. The average molecular weight is 339 g/mol. The van der Waals surface area contributed by atoms with Gasteiger partial charge in [0.1, 0.15) is 12.5 Å². The summed E-state index contributed by atoms with van der Waals surface area (Å²) in [5.41, 5.74) is 1.93. The fourth-order valence-electron chi connectivity index (χ4n) is 3.24. The zero-order chi connectivity index (χ0) is 18.1. The van der Waals surface area contributed by atoms with Gasteiger partial charge in [-0.3, -0.25) is 9.69 Å². The zero-order valence-corrected chi connectivity index (χ0v) is 15.5. The minimum atomic E-state index is -0.378.